The van der Waals surface area contributed by atoms with E-state index in [4.69, 9.17) is 4.42 Å². The van der Waals surface area contributed by atoms with Crippen LogP contribution in [0.5, 0.6) is 0 Å². The van der Waals surface area contributed by atoms with Gasteiger partial charge in [0.1, 0.15) is 11.5 Å². The van der Waals surface area contributed by atoms with Crippen LogP contribution in [0, 0.1) is 13.8 Å². The molecule has 2 rings (SSSR count). The minimum Gasteiger partial charge on any atom is -0.466 e. The Morgan fingerprint density at radius 1 is 1.35 bits per heavy atom. The van der Waals surface area contributed by atoms with Gasteiger partial charge in [0.2, 0.25) is 0 Å². The van der Waals surface area contributed by atoms with E-state index in [-0.39, 0.29) is 6.04 Å². The van der Waals surface area contributed by atoms with Crippen molar-refractivity contribution in [2.45, 2.75) is 31.7 Å². The van der Waals surface area contributed by atoms with Crippen molar-refractivity contribution in [3.8, 4) is 0 Å². The zero-order valence-corrected chi connectivity index (χ0v) is 13.1. The molecule has 0 amide bonds. The molecule has 0 aliphatic heterocycles. The third kappa shape index (κ3) is 3.48. The second-order valence-corrected chi connectivity index (χ2v) is 5.89. The summed E-state index contributed by atoms with van der Waals surface area (Å²) < 4.78 is 5.61. The van der Waals surface area contributed by atoms with Crippen molar-refractivity contribution in [2.75, 3.05) is 11.1 Å². The molecule has 0 saturated carbocycles. The average molecular weight is 287 g/mol. The Morgan fingerprint density at radius 2 is 2.10 bits per heavy atom. The topological polar surface area (TPSA) is 25.2 Å². The van der Waals surface area contributed by atoms with Crippen molar-refractivity contribution in [2.24, 2.45) is 0 Å². The second-order valence-electron chi connectivity index (χ2n) is 4.83. The van der Waals surface area contributed by atoms with Crippen molar-refractivity contribution in [3.63, 3.8) is 0 Å². The second kappa shape index (κ2) is 6.71. The third-order valence-corrected chi connectivity index (χ3v) is 4.23. The van der Waals surface area contributed by atoms with Crippen LogP contribution in [0.3, 0.4) is 0 Å². The van der Waals surface area contributed by atoms with Crippen LogP contribution in [-0.2, 0) is 0 Å². The molecule has 1 atom stereocenters. The first-order valence-electron chi connectivity index (χ1n) is 6.78. The lowest BCUT2D eigenvalue weighted by Gasteiger charge is -2.17. The normalized spacial score (nSPS) is 12.2. The van der Waals surface area contributed by atoms with Crippen LogP contribution in [0.2, 0.25) is 0 Å². The molecule has 0 saturated heterocycles. The SMILES string of the molecule is C=CCSc1ccccc1NC(C)c1cc(C)oc1C. The number of aryl methyl sites for hydroxylation is 2. The number of para-hydroxylation sites is 1. The van der Waals surface area contributed by atoms with Crippen LogP contribution in [0.25, 0.3) is 0 Å². The quantitative estimate of drug-likeness (QED) is 0.573. The molecule has 0 bridgehead atoms. The Bertz CT molecular complexity index is 588. The molecule has 1 aromatic carbocycles. The first-order chi connectivity index (χ1) is 9.61. The Kier molecular flexibility index (Phi) is 4.96. The highest BCUT2D eigenvalue weighted by Crippen LogP contribution is 2.31. The van der Waals surface area contributed by atoms with E-state index < -0.39 is 0 Å². The van der Waals surface area contributed by atoms with Crippen molar-refractivity contribution in [1.82, 2.24) is 0 Å². The maximum Gasteiger partial charge on any atom is 0.106 e. The Balaban J connectivity index is 2.17. The van der Waals surface area contributed by atoms with E-state index in [1.165, 1.54) is 10.5 Å². The molecule has 1 unspecified atom stereocenters. The van der Waals surface area contributed by atoms with Crippen LogP contribution in [0.15, 0.2) is 52.3 Å². The molecule has 0 fully saturated rings. The van der Waals surface area contributed by atoms with Gasteiger partial charge in [-0.1, -0.05) is 18.2 Å². The van der Waals surface area contributed by atoms with Gasteiger partial charge in [-0.05, 0) is 39.0 Å². The molecule has 2 aromatic rings. The summed E-state index contributed by atoms with van der Waals surface area (Å²) in [7, 11) is 0. The van der Waals surface area contributed by atoms with E-state index in [2.05, 4.69) is 49.2 Å². The Labute approximate surface area is 125 Å². The fraction of sp³-hybridized carbons (Fsp3) is 0.294. The van der Waals surface area contributed by atoms with Crippen LogP contribution in [-0.4, -0.2) is 5.75 Å². The van der Waals surface area contributed by atoms with Crippen LogP contribution >= 0.6 is 11.8 Å². The van der Waals surface area contributed by atoms with Gasteiger partial charge in [-0.2, -0.15) is 0 Å². The van der Waals surface area contributed by atoms with Crippen molar-refractivity contribution < 1.29 is 4.42 Å². The summed E-state index contributed by atoms with van der Waals surface area (Å²) >= 11 is 1.79. The minimum atomic E-state index is 0.220. The molecule has 0 spiro atoms. The van der Waals surface area contributed by atoms with Gasteiger partial charge in [-0.3, -0.25) is 0 Å². The molecule has 0 radical (unpaired) electrons. The number of hydrogen-bond donors (Lipinski definition) is 1. The van der Waals surface area contributed by atoms with Crippen LogP contribution < -0.4 is 5.32 Å². The summed E-state index contributed by atoms with van der Waals surface area (Å²) in [5, 5.41) is 3.57. The summed E-state index contributed by atoms with van der Waals surface area (Å²) in [6.45, 7) is 9.93. The number of furan rings is 1. The highest BCUT2D eigenvalue weighted by Gasteiger charge is 2.13. The summed E-state index contributed by atoms with van der Waals surface area (Å²) in [4.78, 5) is 1.25. The minimum absolute atomic E-state index is 0.220. The number of nitrogens with one attached hydrogen (secondary N) is 1. The van der Waals surface area contributed by atoms with Gasteiger partial charge in [-0.25, -0.2) is 0 Å². The monoisotopic (exact) mass is 287 g/mol. The number of anilines is 1. The summed E-state index contributed by atoms with van der Waals surface area (Å²) in [6, 6.07) is 10.7. The zero-order valence-electron chi connectivity index (χ0n) is 12.3. The fourth-order valence-electron chi connectivity index (χ4n) is 2.25. The lowest BCUT2D eigenvalue weighted by Crippen LogP contribution is -2.07. The van der Waals surface area contributed by atoms with Gasteiger partial charge in [-0.15, -0.1) is 18.3 Å². The van der Waals surface area contributed by atoms with E-state index >= 15 is 0 Å². The Morgan fingerprint density at radius 3 is 2.75 bits per heavy atom. The zero-order chi connectivity index (χ0) is 14.5. The van der Waals surface area contributed by atoms with Crippen molar-refractivity contribution >= 4 is 17.4 Å². The molecule has 1 aromatic heterocycles. The molecule has 0 aliphatic rings. The molecule has 0 aliphatic carbocycles. The summed E-state index contributed by atoms with van der Waals surface area (Å²) in [5.74, 6) is 2.86. The van der Waals surface area contributed by atoms with Gasteiger partial charge in [0.25, 0.3) is 0 Å². The van der Waals surface area contributed by atoms with Gasteiger partial charge < -0.3 is 9.73 Å². The number of rotatable bonds is 6. The molecule has 2 nitrogen and oxygen atoms in total. The van der Waals surface area contributed by atoms with E-state index in [1.807, 2.05) is 19.9 Å². The van der Waals surface area contributed by atoms with Gasteiger partial charge >= 0.3 is 0 Å². The maximum atomic E-state index is 5.61. The largest absolute Gasteiger partial charge is 0.466 e. The Hall–Kier alpha value is -1.61. The molecule has 106 valence electrons. The number of thioether (sulfide) groups is 1. The predicted octanol–water partition coefficient (Wildman–Crippen LogP) is 5.35. The van der Waals surface area contributed by atoms with Crippen molar-refractivity contribution in [3.05, 3.63) is 60.1 Å². The molecule has 1 N–H and O–H groups in total. The average Bonchev–Trinajstić information content (AvgIpc) is 2.77. The first kappa shape index (κ1) is 14.8. The highest BCUT2D eigenvalue weighted by molar-refractivity contribution is 7.99. The van der Waals surface area contributed by atoms with Crippen LogP contribution in [0.4, 0.5) is 5.69 Å². The predicted molar refractivity (Wildman–Crippen MR) is 87.6 cm³/mol. The van der Waals surface area contributed by atoms with Gasteiger partial charge in [0.15, 0.2) is 0 Å². The lowest BCUT2D eigenvalue weighted by atomic mass is 10.1. The highest BCUT2D eigenvalue weighted by atomic mass is 32.2. The van der Waals surface area contributed by atoms with Crippen LogP contribution in [0.1, 0.15) is 30.0 Å². The van der Waals surface area contributed by atoms with Gasteiger partial charge in [0, 0.05) is 21.9 Å². The number of benzene rings is 1. The number of hydrogen-bond acceptors (Lipinski definition) is 3. The molecule has 3 heteroatoms. The molecule has 1 heterocycles. The lowest BCUT2D eigenvalue weighted by molar-refractivity contribution is 0.500. The first-order valence-corrected chi connectivity index (χ1v) is 7.76. The van der Waals surface area contributed by atoms with E-state index in [1.54, 1.807) is 11.8 Å². The van der Waals surface area contributed by atoms with Crippen molar-refractivity contribution in [1.29, 1.82) is 0 Å². The molecular formula is C17H21NOS. The fourth-order valence-corrected chi connectivity index (χ4v) is 3.01. The van der Waals surface area contributed by atoms with E-state index in [0.717, 1.165) is 23.0 Å². The van der Waals surface area contributed by atoms with E-state index in [9.17, 15) is 0 Å². The molecular weight excluding hydrogens is 266 g/mol. The van der Waals surface area contributed by atoms with Gasteiger partial charge in [0.05, 0.1) is 6.04 Å². The third-order valence-electron chi connectivity index (χ3n) is 3.16. The summed E-state index contributed by atoms with van der Waals surface area (Å²) in [6.07, 6.45) is 1.93. The molecule has 20 heavy (non-hydrogen) atoms. The van der Waals surface area contributed by atoms with E-state index in [0.29, 0.717) is 0 Å². The standard InChI is InChI=1S/C17H21NOS/c1-5-10-20-17-9-7-6-8-16(17)18-13(3)15-11-12(2)19-14(15)4/h5-9,11,13,18H,1,10H2,2-4H3. The maximum absolute atomic E-state index is 5.61. The summed E-state index contributed by atoms with van der Waals surface area (Å²) in [5.41, 5.74) is 2.37. The smallest absolute Gasteiger partial charge is 0.106 e.